The third-order valence-electron chi connectivity index (χ3n) is 5.65. The fraction of sp³-hybridized carbons (Fsp3) is 0.962. The Morgan fingerprint density at radius 2 is 1.53 bits per heavy atom. The first-order valence-electron chi connectivity index (χ1n) is 12.9. The number of unbranched alkanes of at least 4 members (excludes halogenated alkanes) is 1. The van der Waals surface area contributed by atoms with E-state index in [0.717, 1.165) is 25.7 Å². The quantitative estimate of drug-likeness (QED) is 0.304. The van der Waals surface area contributed by atoms with Gasteiger partial charge in [-0.1, -0.05) is 0 Å². The minimum atomic E-state index is -0.369. The fourth-order valence-electron chi connectivity index (χ4n) is 3.73. The lowest BCUT2D eigenvalue weighted by Crippen LogP contribution is -2.48. The summed E-state index contributed by atoms with van der Waals surface area (Å²) in [4.78, 5) is 14.7. The molecule has 0 aromatic carbocycles. The van der Waals surface area contributed by atoms with Crippen molar-refractivity contribution < 1.29 is 28.8 Å². The topological polar surface area (TPSA) is 89.5 Å². The SMILES string of the molecule is CC(C)(C)OCC(CO)CCCOCCOCCCCN1C(=O)[C@H](COC(C)(C)C)NC1(C)C. The van der Waals surface area contributed by atoms with Crippen LogP contribution < -0.4 is 5.32 Å². The lowest BCUT2D eigenvalue weighted by molar-refractivity contribution is -0.133. The molecular weight excluding hydrogens is 436 g/mol. The first-order valence-corrected chi connectivity index (χ1v) is 12.9. The van der Waals surface area contributed by atoms with Gasteiger partial charge in [0, 0.05) is 32.3 Å². The number of hydrogen-bond donors (Lipinski definition) is 2. The molecule has 0 aromatic heterocycles. The molecule has 1 amide bonds. The van der Waals surface area contributed by atoms with Gasteiger partial charge in [0.2, 0.25) is 5.91 Å². The second-order valence-electron chi connectivity index (χ2n) is 11.7. The van der Waals surface area contributed by atoms with Gasteiger partial charge in [-0.05, 0) is 81.1 Å². The Labute approximate surface area is 208 Å². The summed E-state index contributed by atoms with van der Waals surface area (Å²) in [6.45, 7) is 20.4. The number of aliphatic hydroxyl groups excluding tert-OH is 1. The number of ether oxygens (including phenoxy) is 4. The van der Waals surface area contributed by atoms with Crippen molar-refractivity contribution in [2.24, 2.45) is 5.92 Å². The van der Waals surface area contributed by atoms with Gasteiger partial charge in [-0.3, -0.25) is 10.1 Å². The maximum Gasteiger partial charge on any atom is 0.243 e. The van der Waals surface area contributed by atoms with Crippen LogP contribution in [0.15, 0.2) is 0 Å². The highest BCUT2D eigenvalue weighted by Crippen LogP contribution is 2.23. The molecule has 1 aliphatic heterocycles. The zero-order chi connectivity index (χ0) is 25.8. The predicted octanol–water partition coefficient (Wildman–Crippen LogP) is 3.36. The number of nitrogens with zero attached hydrogens (tertiary/aromatic N) is 1. The highest BCUT2D eigenvalue weighted by atomic mass is 16.5. The normalized spacial score (nSPS) is 19.7. The van der Waals surface area contributed by atoms with Crippen molar-refractivity contribution in [2.75, 3.05) is 52.8 Å². The van der Waals surface area contributed by atoms with E-state index >= 15 is 0 Å². The average Bonchev–Trinajstić information content (AvgIpc) is 2.93. The Hall–Kier alpha value is -0.770. The molecule has 34 heavy (non-hydrogen) atoms. The number of nitrogens with one attached hydrogen (secondary N) is 1. The minimum Gasteiger partial charge on any atom is -0.396 e. The molecule has 0 radical (unpaired) electrons. The zero-order valence-corrected chi connectivity index (χ0v) is 23.1. The summed E-state index contributed by atoms with van der Waals surface area (Å²) in [5.41, 5.74) is -0.809. The highest BCUT2D eigenvalue weighted by Gasteiger charge is 2.44. The molecule has 2 N–H and O–H groups in total. The molecule has 0 spiro atoms. The molecular formula is C26H52N2O6. The first-order chi connectivity index (χ1) is 15.7. The average molecular weight is 489 g/mol. The maximum absolute atomic E-state index is 12.8. The third kappa shape index (κ3) is 13.4. The van der Waals surface area contributed by atoms with Crippen LogP contribution in [0, 0.1) is 5.92 Å². The van der Waals surface area contributed by atoms with E-state index in [4.69, 9.17) is 18.9 Å². The summed E-state index contributed by atoms with van der Waals surface area (Å²) in [6.07, 6.45) is 3.57. The van der Waals surface area contributed by atoms with Gasteiger partial charge in [0.1, 0.15) is 6.04 Å². The van der Waals surface area contributed by atoms with Crippen molar-refractivity contribution in [2.45, 2.75) is 104 Å². The zero-order valence-electron chi connectivity index (χ0n) is 23.1. The molecule has 8 nitrogen and oxygen atoms in total. The van der Waals surface area contributed by atoms with Gasteiger partial charge in [-0.15, -0.1) is 0 Å². The number of carbonyl (C=O) groups is 1. The standard InChI is InChI=1S/C26H52N2O6/c1-24(2,3)33-19-21(18-29)12-11-15-32-17-16-31-14-10-9-13-28-23(30)22(27-26(28,7)8)20-34-25(4,5)6/h21-22,27,29H,9-20H2,1-8H3/t21?,22-/m0/s1. The van der Waals surface area contributed by atoms with Crippen LogP contribution in [0.4, 0.5) is 0 Å². The highest BCUT2D eigenvalue weighted by molar-refractivity contribution is 5.85. The van der Waals surface area contributed by atoms with Crippen LogP contribution >= 0.6 is 0 Å². The van der Waals surface area contributed by atoms with Crippen molar-refractivity contribution in [3.8, 4) is 0 Å². The molecule has 1 heterocycles. The molecule has 2 atom stereocenters. The molecule has 0 aromatic rings. The van der Waals surface area contributed by atoms with Crippen LogP contribution in [-0.4, -0.2) is 91.6 Å². The molecule has 1 rings (SSSR count). The van der Waals surface area contributed by atoms with Gasteiger partial charge in [0.25, 0.3) is 0 Å². The van der Waals surface area contributed by atoms with Gasteiger partial charge in [-0.2, -0.15) is 0 Å². The van der Waals surface area contributed by atoms with E-state index in [2.05, 4.69) is 5.32 Å². The second kappa shape index (κ2) is 14.7. The second-order valence-corrected chi connectivity index (χ2v) is 11.7. The van der Waals surface area contributed by atoms with Crippen molar-refractivity contribution in [1.29, 1.82) is 0 Å². The van der Waals surface area contributed by atoms with Gasteiger partial charge >= 0.3 is 0 Å². The van der Waals surface area contributed by atoms with Crippen molar-refractivity contribution in [3.05, 3.63) is 0 Å². The molecule has 1 unspecified atom stereocenters. The molecule has 0 bridgehead atoms. The first kappa shape index (κ1) is 31.3. The number of carbonyl (C=O) groups excluding carboxylic acids is 1. The van der Waals surface area contributed by atoms with Crippen LogP contribution in [0.1, 0.15) is 81.1 Å². The number of hydrogen-bond acceptors (Lipinski definition) is 7. The monoisotopic (exact) mass is 488 g/mol. The number of amides is 1. The summed E-state index contributed by atoms with van der Waals surface area (Å²) >= 11 is 0. The van der Waals surface area contributed by atoms with E-state index in [1.165, 1.54) is 0 Å². The van der Waals surface area contributed by atoms with E-state index < -0.39 is 0 Å². The van der Waals surface area contributed by atoms with E-state index in [1.807, 2.05) is 60.3 Å². The Bertz CT molecular complexity index is 571. The molecule has 0 aliphatic carbocycles. The molecule has 202 valence electrons. The Morgan fingerprint density at radius 1 is 0.941 bits per heavy atom. The van der Waals surface area contributed by atoms with Crippen molar-refractivity contribution in [3.63, 3.8) is 0 Å². The number of rotatable bonds is 17. The summed E-state index contributed by atoms with van der Waals surface area (Å²) in [7, 11) is 0. The molecule has 8 heteroatoms. The van der Waals surface area contributed by atoms with Crippen LogP contribution in [0.3, 0.4) is 0 Å². The van der Waals surface area contributed by atoms with Crippen LogP contribution in [0.25, 0.3) is 0 Å². The van der Waals surface area contributed by atoms with E-state index in [9.17, 15) is 9.90 Å². The predicted molar refractivity (Wildman–Crippen MR) is 135 cm³/mol. The largest absolute Gasteiger partial charge is 0.396 e. The Balaban J connectivity index is 2.08. The molecule has 1 aliphatic rings. The van der Waals surface area contributed by atoms with Gasteiger partial charge in [0.15, 0.2) is 0 Å². The number of aliphatic hydroxyl groups is 1. The molecule has 0 saturated carbocycles. The van der Waals surface area contributed by atoms with E-state index in [1.54, 1.807) is 0 Å². The Kier molecular flexibility index (Phi) is 13.5. The summed E-state index contributed by atoms with van der Waals surface area (Å²) < 4.78 is 22.9. The maximum atomic E-state index is 12.8. The van der Waals surface area contributed by atoms with Gasteiger partial charge in [0.05, 0.1) is 43.3 Å². The minimum absolute atomic E-state index is 0.108. The molecule has 1 fully saturated rings. The fourth-order valence-corrected chi connectivity index (χ4v) is 3.73. The summed E-state index contributed by atoms with van der Waals surface area (Å²) in [6, 6.07) is -0.290. The van der Waals surface area contributed by atoms with Crippen LogP contribution in [0.5, 0.6) is 0 Å². The summed E-state index contributed by atoms with van der Waals surface area (Å²) in [5, 5.41) is 12.9. The third-order valence-corrected chi connectivity index (χ3v) is 5.65. The summed E-state index contributed by atoms with van der Waals surface area (Å²) in [5.74, 6) is 0.264. The van der Waals surface area contributed by atoms with Crippen LogP contribution in [-0.2, 0) is 23.7 Å². The van der Waals surface area contributed by atoms with Gasteiger partial charge < -0.3 is 29.0 Å². The van der Waals surface area contributed by atoms with Crippen molar-refractivity contribution >= 4 is 5.91 Å². The van der Waals surface area contributed by atoms with Crippen molar-refractivity contribution in [1.82, 2.24) is 10.2 Å². The lowest BCUT2D eigenvalue weighted by Gasteiger charge is -2.31. The smallest absolute Gasteiger partial charge is 0.243 e. The Morgan fingerprint density at radius 3 is 2.09 bits per heavy atom. The van der Waals surface area contributed by atoms with E-state index in [-0.39, 0.29) is 41.3 Å². The lowest BCUT2D eigenvalue weighted by atomic mass is 10.1. The van der Waals surface area contributed by atoms with E-state index in [0.29, 0.717) is 46.2 Å². The molecule has 1 saturated heterocycles. The van der Waals surface area contributed by atoms with Gasteiger partial charge in [-0.25, -0.2) is 0 Å². The van der Waals surface area contributed by atoms with Crippen LogP contribution in [0.2, 0.25) is 0 Å².